The minimum atomic E-state index is -4.34. The van der Waals surface area contributed by atoms with Crippen LogP contribution < -0.4 is 5.32 Å². The Kier molecular flexibility index (Phi) is 5.82. The van der Waals surface area contributed by atoms with Crippen molar-refractivity contribution >= 4 is 27.4 Å². The monoisotopic (exact) mass is 393 g/mol. The molecule has 0 spiro atoms. The highest BCUT2D eigenvalue weighted by Gasteiger charge is 2.30. The van der Waals surface area contributed by atoms with E-state index in [1.165, 1.54) is 12.1 Å². The van der Waals surface area contributed by atoms with Crippen LogP contribution >= 0.6 is 11.3 Å². The maximum Gasteiger partial charge on any atom is 0.416 e. The van der Waals surface area contributed by atoms with Gasteiger partial charge in [-0.05, 0) is 47.7 Å². The zero-order valence-corrected chi connectivity index (χ0v) is 15.2. The molecule has 3 rings (SSSR count). The van der Waals surface area contributed by atoms with Crippen molar-refractivity contribution in [3.05, 3.63) is 59.0 Å². The predicted octanol–water partition coefficient (Wildman–Crippen LogP) is 5.54. The third-order valence-corrected chi connectivity index (χ3v) is 5.35. The number of rotatable bonds is 7. The number of thiophene rings is 1. The number of aliphatic carboxylic acids is 1. The van der Waals surface area contributed by atoms with Crippen molar-refractivity contribution in [1.29, 1.82) is 0 Å². The number of fused-ring (bicyclic) bond motifs is 1. The highest BCUT2D eigenvalue weighted by atomic mass is 32.1. The predicted molar refractivity (Wildman–Crippen MR) is 101 cm³/mol. The smallest absolute Gasteiger partial charge is 0.416 e. The molecule has 7 heteroatoms. The molecule has 27 heavy (non-hydrogen) atoms. The highest BCUT2D eigenvalue weighted by Crippen LogP contribution is 2.36. The first-order valence-corrected chi connectivity index (χ1v) is 9.28. The van der Waals surface area contributed by atoms with Crippen molar-refractivity contribution in [2.24, 2.45) is 0 Å². The van der Waals surface area contributed by atoms with Gasteiger partial charge < -0.3 is 10.4 Å². The summed E-state index contributed by atoms with van der Waals surface area (Å²) < 4.78 is 39.3. The molecule has 0 bridgehead atoms. The number of carboxylic acid groups (broad SMARTS) is 1. The summed E-state index contributed by atoms with van der Waals surface area (Å²) in [5.74, 6) is -0.806. The summed E-state index contributed by atoms with van der Waals surface area (Å²) in [6.07, 6.45) is -3.64. The van der Waals surface area contributed by atoms with Crippen LogP contribution in [0.3, 0.4) is 0 Å². The third kappa shape index (κ3) is 4.87. The second-order valence-electron chi connectivity index (χ2n) is 6.19. The number of halogens is 3. The van der Waals surface area contributed by atoms with Gasteiger partial charge in [-0.15, -0.1) is 11.3 Å². The molecule has 1 aromatic heterocycles. The Hall–Kier alpha value is -2.38. The van der Waals surface area contributed by atoms with Gasteiger partial charge in [0.05, 0.1) is 5.56 Å². The number of benzene rings is 2. The Labute approximate surface area is 158 Å². The molecule has 3 aromatic rings. The molecule has 0 aliphatic carbocycles. The van der Waals surface area contributed by atoms with Crippen LogP contribution in [0.15, 0.2) is 48.5 Å². The number of nitrogens with one attached hydrogen (secondary N) is 1. The average molecular weight is 393 g/mol. The second kappa shape index (κ2) is 8.10. The summed E-state index contributed by atoms with van der Waals surface area (Å²) in [5.41, 5.74) is 0.996. The number of alkyl halides is 3. The lowest BCUT2D eigenvalue weighted by atomic mass is 10.0. The molecule has 142 valence electrons. The van der Waals surface area contributed by atoms with Gasteiger partial charge in [0.1, 0.15) is 0 Å². The zero-order chi connectivity index (χ0) is 19.4. The zero-order valence-electron chi connectivity index (χ0n) is 14.3. The molecule has 0 unspecified atom stereocenters. The second-order valence-corrected chi connectivity index (χ2v) is 7.32. The molecular weight excluding hydrogens is 375 g/mol. The molecule has 0 amide bonds. The topological polar surface area (TPSA) is 49.3 Å². The van der Waals surface area contributed by atoms with Gasteiger partial charge in [-0.25, -0.2) is 0 Å². The van der Waals surface area contributed by atoms with E-state index in [0.717, 1.165) is 38.2 Å². The van der Waals surface area contributed by atoms with E-state index in [4.69, 9.17) is 5.11 Å². The first kappa shape index (κ1) is 19.4. The Morgan fingerprint density at radius 1 is 1.11 bits per heavy atom. The van der Waals surface area contributed by atoms with E-state index in [0.29, 0.717) is 19.5 Å². The number of hydrogen-bond acceptors (Lipinski definition) is 3. The molecule has 2 N–H and O–H groups in total. The van der Waals surface area contributed by atoms with E-state index in [-0.39, 0.29) is 6.42 Å². The molecule has 0 saturated heterocycles. The average Bonchev–Trinajstić information content (AvgIpc) is 3.03. The van der Waals surface area contributed by atoms with Crippen LogP contribution in [0.2, 0.25) is 0 Å². The number of carboxylic acids is 1. The lowest BCUT2D eigenvalue weighted by molar-refractivity contribution is -0.138. The highest BCUT2D eigenvalue weighted by molar-refractivity contribution is 7.19. The van der Waals surface area contributed by atoms with Crippen LogP contribution in [0.4, 0.5) is 13.2 Å². The van der Waals surface area contributed by atoms with E-state index >= 15 is 0 Å². The summed E-state index contributed by atoms with van der Waals surface area (Å²) in [7, 11) is 0. The van der Waals surface area contributed by atoms with Crippen molar-refractivity contribution in [2.45, 2.75) is 25.6 Å². The molecule has 0 fully saturated rings. The Morgan fingerprint density at radius 3 is 2.52 bits per heavy atom. The van der Waals surface area contributed by atoms with Crippen LogP contribution in [0.5, 0.6) is 0 Å². The van der Waals surface area contributed by atoms with Crippen molar-refractivity contribution in [3.63, 3.8) is 0 Å². The quantitative estimate of drug-likeness (QED) is 0.518. The van der Waals surface area contributed by atoms with Crippen molar-refractivity contribution in [3.8, 4) is 11.1 Å². The third-order valence-electron chi connectivity index (χ3n) is 4.16. The van der Waals surface area contributed by atoms with Crippen molar-refractivity contribution < 1.29 is 23.1 Å². The van der Waals surface area contributed by atoms with Gasteiger partial charge in [0.2, 0.25) is 0 Å². The fraction of sp³-hybridized carbons (Fsp3) is 0.250. The minimum Gasteiger partial charge on any atom is -0.481 e. The van der Waals surface area contributed by atoms with Gasteiger partial charge in [-0.2, -0.15) is 13.2 Å². The lowest BCUT2D eigenvalue weighted by Crippen LogP contribution is -2.14. The fourth-order valence-electron chi connectivity index (χ4n) is 2.85. The van der Waals surface area contributed by atoms with Crippen LogP contribution in [-0.2, 0) is 17.5 Å². The minimum absolute atomic E-state index is 0.136. The number of carbonyl (C=O) groups is 1. The van der Waals surface area contributed by atoms with Gasteiger partial charge in [0.25, 0.3) is 0 Å². The molecule has 1 heterocycles. The molecule has 0 aliphatic heterocycles. The van der Waals surface area contributed by atoms with E-state index in [1.54, 1.807) is 11.3 Å². The molecular formula is C20H18F3NO2S. The molecule has 2 aromatic carbocycles. The first-order chi connectivity index (χ1) is 12.8. The molecule has 3 nitrogen and oxygen atoms in total. The van der Waals surface area contributed by atoms with E-state index in [9.17, 15) is 18.0 Å². The van der Waals surface area contributed by atoms with Gasteiger partial charge in [-0.1, -0.05) is 30.3 Å². The first-order valence-electron chi connectivity index (χ1n) is 8.46. The van der Waals surface area contributed by atoms with Gasteiger partial charge in [-0.3, -0.25) is 4.79 Å². The normalized spacial score (nSPS) is 11.8. The summed E-state index contributed by atoms with van der Waals surface area (Å²) >= 11 is 1.59. The molecule has 0 radical (unpaired) electrons. The largest absolute Gasteiger partial charge is 0.481 e. The van der Waals surface area contributed by atoms with Gasteiger partial charge in [0.15, 0.2) is 0 Å². The van der Waals surface area contributed by atoms with Crippen LogP contribution in [0, 0.1) is 0 Å². The van der Waals surface area contributed by atoms with Crippen molar-refractivity contribution in [2.75, 3.05) is 6.54 Å². The van der Waals surface area contributed by atoms with Crippen molar-refractivity contribution in [1.82, 2.24) is 5.32 Å². The van der Waals surface area contributed by atoms with E-state index in [2.05, 4.69) is 11.4 Å². The van der Waals surface area contributed by atoms with Crippen LogP contribution in [0.25, 0.3) is 21.2 Å². The SMILES string of the molecule is O=C(O)CCCNCc1cc2cccc(-c3ccc(C(F)(F)F)cc3)c2s1. The van der Waals surface area contributed by atoms with Crippen LogP contribution in [-0.4, -0.2) is 17.6 Å². The lowest BCUT2D eigenvalue weighted by Gasteiger charge is -2.08. The maximum atomic E-state index is 12.8. The summed E-state index contributed by atoms with van der Waals surface area (Å²) in [4.78, 5) is 11.6. The van der Waals surface area contributed by atoms with E-state index in [1.807, 2.05) is 18.2 Å². The van der Waals surface area contributed by atoms with Crippen LogP contribution in [0.1, 0.15) is 23.3 Å². The maximum absolute atomic E-state index is 12.8. The fourth-order valence-corrected chi connectivity index (χ4v) is 4.01. The molecule has 0 saturated carbocycles. The number of hydrogen-bond donors (Lipinski definition) is 2. The molecule has 0 aliphatic rings. The van der Waals surface area contributed by atoms with Gasteiger partial charge in [0, 0.05) is 22.5 Å². The standard InChI is InChI=1S/C20H18F3NO2S/c21-20(22,23)15-8-6-13(7-9-15)17-4-1-3-14-11-16(27-19(14)17)12-24-10-2-5-18(25)26/h1,3-4,6-9,11,24H,2,5,10,12H2,(H,25,26). The Morgan fingerprint density at radius 2 is 1.85 bits per heavy atom. The van der Waals surface area contributed by atoms with Gasteiger partial charge >= 0.3 is 12.1 Å². The summed E-state index contributed by atoms with van der Waals surface area (Å²) in [5, 5.41) is 12.9. The summed E-state index contributed by atoms with van der Waals surface area (Å²) in [6.45, 7) is 1.25. The Bertz CT molecular complexity index is 933. The van der Waals surface area contributed by atoms with E-state index < -0.39 is 17.7 Å². The Balaban J connectivity index is 1.77. The summed E-state index contributed by atoms with van der Waals surface area (Å²) in [6, 6.07) is 13.0. The molecule has 0 atom stereocenters.